The number of hydrogen-bond acceptors (Lipinski definition) is 1. The number of carbonyl (C=O) groups is 1. The molecule has 0 aromatic rings. The summed E-state index contributed by atoms with van der Waals surface area (Å²) < 4.78 is 0. The van der Waals surface area contributed by atoms with Crippen LogP contribution in [0.5, 0.6) is 0 Å². The second-order valence-corrected chi connectivity index (χ2v) is 2.49. The van der Waals surface area contributed by atoms with Gasteiger partial charge in [0.1, 0.15) is 0 Å². The fourth-order valence-corrected chi connectivity index (χ4v) is 0.589. The van der Waals surface area contributed by atoms with Crippen molar-refractivity contribution >= 4 is 5.97 Å². The minimum atomic E-state index is -0.935. The number of rotatable bonds is 1. The lowest BCUT2D eigenvalue weighted by molar-refractivity contribution is -0.132. The maximum atomic E-state index is 9.60. The Balaban J connectivity index is 0.000000183. The first-order valence-electron chi connectivity index (χ1n) is 3.68. The summed E-state index contributed by atoms with van der Waals surface area (Å²) >= 11 is 0. The molecule has 0 amide bonds. The van der Waals surface area contributed by atoms with E-state index in [4.69, 9.17) is 5.11 Å². The average Bonchev–Trinajstić information content (AvgIpc) is 2.41. The van der Waals surface area contributed by atoms with E-state index in [1.165, 1.54) is 26.2 Å². The smallest absolute Gasteiger partial charge is 0.330 e. The summed E-state index contributed by atoms with van der Waals surface area (Å²) in [5.41, 5.74) is 0.176. The van der Waals surface area contributed by atoms with Gasteiger partial charge in [-0.1, -0.05) is 18.7 Å². The Bertz CT molecular complexity index is 150. The predicted molar refractivity (Wildman–Crippen MR) is 45.4 cm³/mol. The Hall–Kier alpha value is -1.05. The molecule has 2 heteroatoms. The second-order valence-electron chi connectivity index (χ2n) is 2.49. The molecule has 11 heavy (non-hydrogen) atoms. The molecule has 0 unspecified atom stereocenters. The molecule has 1 N–H and O–H groups in total. The summed E-state index contributed by atoms with van der Waals surface area (Å²) in [7, 11) is 0. The van der Waals surface area contributed by atoms with Gasteiger partial charge in [0, 0.05) is 5.57 Å². The molecule has 0 aliphatic heterocycles. The molecule has 1 rings (SSSR count). The normalized spacial score (nSPS) is 13.5. The fraction of sp³-hybridized carbons (Fsp3) is 0.444. The second kappa shape index (κ2) is 5.71. The van der Waals surface area contributed by atoms with Crippen molar-refractivity contribution in [3.63, 3.8) is 0 Å². The van der Waals surface area contributed by atoms with Crippen molar-refractivity contribution in [2.45, 2.75) is 26.2 Å². The van der Waals surface area contributed by atoms with Gasteiger partial charge in [-0.05, 0) is 26.2 Å². The predicted octanol–water partition coefficient (Wildman–Crippen LogP) is 2.37. The monoisotopic (exact) mass is 154 g/mol. The van der Waals surface area contributed by atoms with Crippen molar-refractivity contribution in [1.82, 2.24) is 0 Å². The van der Waals surface area contributed by atoms with E-state index < -0.39 is 5.97 Å². The average molecular weight is 154 g/mol. The summed E-state index contributed by atoms with van der Waals surface area (Å²) in [5.74, 6) is -0.935. The van der Waals surface area contributed by atoms with E-state index in [1.807, 2.05) is 0 Å². The van der Waals surface area contributed by atoms with E-state index >= 15 is 0 Å². The largest absolute Gasteiger partial charge is 0.478 e. The Morgan fingerprint density at radius 3 is 1.91 bits per heavy atom. The summed E-state index contributed by atoms with van der Waals surface area (Å²) in [6, 6.07) is 0. The lowest BCUT2D eigenvalue weighted by Gasteiger charge is -1.79. The van der Waals surface area contributed by atoms with Crippen molar-refractivity contribution in [2.24, 2.45) is 0 Å². The van der Waals surface area contributed by atoms with Crippen LogP contribution >= 0.6 is 0 Å². The molecule has 0 aromatic carbocycles. The highest BCUT2D eigenvalue weighted by Crippen LogP contribution is 2.05. The van der Waals surface area contributed by atoms with Gasteiger partial charge in [0.25, 0.3) is 0 Å². The molecule has 0 atom stereocenters. The molecule has 62 valence electrons. The third kappa shape index (κ3) is 6.84. The molecule has 1 aliphatic carbocycles. The van der Waals surface area contributed by atoms with E-state index in [1.54, 1.807) is 0 Å². The third-order valence-electron chi connectivity index (χ3n) is 1.27. The standard InChI is InChI=1S/C5H8.C4H6O2/c1-2-4-5-3-1;1-3(2)4(5)6/h1-2H,3-5H2;1H2,2H3,(H,5,6). The maximum absolute atomic E-state index is 9.60. The van der Waals surface area contributed by atoms with Gasteiger partial charge in [-0.2, -0.15) is 0 Å². The van der Waals surface area contributed by atoms with Crippen LogP contribution in [0, 0.1) is 0 Å². The van der Waals surface area contributed by atoms with Gasteiger partial charge in [-0.25, -0.2) is 4.79 Å². The summed E-state index contributed by atoms with van der Waals surface area (Å²) in [5, 5.41) is 7.89. The molecule has 0 spiro atoms. The molecular formula is C9H14O2. The van der Waals surface area contributed by atoms with Crippen molar-refractivity contribution in [1.29, 1.82) is 0 Å². The zero-order valence-corrected chi connectivity index (χ0v) is 6.84. The summed E-state index contributed by atoms with van der Waals surface area (Å²) in [4.78, 5) is 9.60. The van der Waals surface area contributed by atoms with Gasteiger partial charge in [0.15, 0.2) is 0 Å². The van der Waals surface area contributed by atoms with Crippen LogP contribution in [0.2, 0.25) is 0 Å². The Kier molecular flexibility index (Phi) is 5.17. The molecule has 0 radical (unpaired) electrons. The highest BCUT2D eigenvalue weighted by Gasteiger charge is 1.90. The SMILES string of the molecule is C1=CCCC1.C=C(C)C(=O)O. The molecule has 1 aliphatic rings. The number of aliphatic carboxylic acids is 1. The number of carboxylic acids is 1. The van der Waals surface area contributed by atoms with Gasteiger partial charge in [0.2, 0.25) is 0 Å². The Morgan fingerprint density at radius 2 is 1.82 bits per heavy atom. The van der Waals surface area contributed by atoms with E-state index in [9.17, 15) is 4.79 Å². The highest BCUT2D eigenvalue weighted by atomic mass is 16.4. The highest BCUT2D eigenvalue weighted by molar-refractivity contribution is 5.84. The molecule has 0 fully saturated rings. The summed E-state index contributed by atoms with van der Waals surface area (Å²) in [6.45, 7) is 4.60. The van der Waals surface area contributed by atoms with Crippen molar-refractivity contribution in [2.75, 3.05) is 0 Å². The third-order valence-corrected chi connectivity index (χ3v) is 1.27. The van der Waals surface area contributed by atoms with Crippen molar-refractivity contribution < 1.29 is 9.90 Å². The van der Waals surface area contributed by atoms with Crippen LogP contribution in [0.3, 0.4) is 0 Å². The quantitative estimate of drug-likeness (QED) is 0.465. The van der Waals surface area contributed by atoms with E-state index in [-0.39, 0.29) is 5.57 Å². The van der Waals surface area contributed by atoms with Gasteiger partial charge in [-0.3, -0.25) is 0 Å². The van der Waals surface area contributed by atoms with Gasteiger partial charge in [0.05, 0.1) is 0 Å². The summed E-state index contributed by atoms with van der Waals surface area (Å²) in [6.07, 6.45) is 8.50. The van der Waals surface area contributed by atoms with Gasteiger partial charge >= 0.3 is 5.97 Å². The van der Waals surface area contributed by atoms with Crippen LogP contribution in [-0.2, 0) is 4.79 Å². The molecule has 0 saturated heterocycles. The lowest BCUT2D eigenvalue weighted by atomic mass is 10.4. The molecule has 0 bridgehead atoms. The lowest BCUT2D eigenvalue weighted by Crippen LogP contribution is -1.92. The number of hydrogen-bond donors (Lipinski definition) is 1. The minimum absolute atomic E-state index is 0.176. The molecule has 0 saturated carbocycles. The van der Waals surface area contributed by atoms with Crippen LogP contribution in [0.25, 0.3) is 0 Å². The first kappa shape index (κ1) is 9.95. The topological polar surface area (TPSA) is 37.3 Å². The zero-order valence-electron chi connectivity index (χ0n) is 6.84. The van der Waals surface area contributed by atoms with Gasteiger partial charge in [-0.15, -0.1) is 0 Å². The van der Waals surface area contributed by atoms with Crippen LogP contribution in [0.1, 0.15) is 26.2 Å². The molecular weight excluding hydrogens is 140 g/mol. The van der Waals surface area contributed by atoms with E-state index in [2.05, 4.69) is 18.7 Å². The Labute approximate surface area is 67.2 Å². The molecule has 0 aromatic heterocycles. The molecule has 2 nitrogen and oxygen atoms in total. The first-order chi connectivity index (χ1) is 5.14. The van der Waals surface area contributed by atoms with Crippen LogP contribution in [0.4, 0.5) is 0 Å². The first-order valence-corrected chi connectivity index (χ1v) is 3.68. The number of carboxylic acid groups (broad SMARTS) is 1. The van der Waals surface area contributed by atoms with Crippen molar-refractivity contribution in [3.8, 4) is 0 Å². The zero-order chi connectivity index (χ0) is 8.69. The van der Waals surface area contributed by atoms with Crippen LogP contribution < -0.4 is 0 Å². The van der Waals surface area contributed by atoms with Gasteiger partial charge < -0.3 is 5.11 Å². The Morgan fingerprint density at radius 1 is 1.45 bits per heavy atom. The minimum Gasteiger partial charge on any atom is -0.478 e. The van der Waals surface area contributed by atoms with E-state index in [0.29, 0.717) is 0 Å². The molecule has 0 heterocycles. The van der Waals surface area contributed by atoms with Crippen LogP contribution in [-0.4, -0.2) is 11.1 Å². The van der Waals surface area contributed by atoms with E-state index in [0.717, 1.165) is 0 Å². The van der Waals surface area contributed by atoms with Crippen molar-refractivity contribution in [3.05, 3.63) is 24.3 Å². The van der Waals surface area contributed by atoms with Crippen LogP contribution in [0.15, 0.2) is 24.3 Å². The fourth-order valence-electron chi connectivity index (χ4n) is 0.589. The number of allylic oxidation sites excluding steroid dienone is 2. The maximum Gasteiger partial charge on any atom is 0.330 e.